The average molecular weight is 359 g/mol. The summed E-state index contributed by atoms with van der Waals surface area (Å²) in [7, 11) is 0. The lowest BCUT2D eigenvalue weighted by atomic mass is 9.52. The van der Waals surface area contributed by atoms with Gasteiger partial charge in [-0.2, -0.15) is 0 Å². The van der Waals surface area contributed by atoms with E-state index in [2.05, 4.69) is 52.0 Å². The summed E-state index contributed by atoms with van der Waals surface area (Å²) in [6.45, 7) is 2.81. The minimum Gasteiger partial charge on any atom is -0.293 e. The van der Waals surface area contributed by atoms with Crippen molar-refractivity contribution >= 4 is 0 Å². The van der Waals surface area contributed by atoms with Crippen LogP contribution in [0, 0.1) is 42.4 Å². The Morgan fingerprint density at radius 2 is 1.37 bits per heavy atom. The van der Waals surface area contributed by atoms with Crippen molar-refractivity contribution in [1.82, 2.24) is 9.80 Å². The molecule has 2 heteroatoms. The molecule has 2 nitrogen and oxygen atoms in total. The molecular formula is C25H30N2. The summed E-state index contributed by atoms with van der Waals surface area (Å²) in [5.41, 5.74) is 1.68. The third kappa shape index (κ3) is 3.00. The van der Waals surface area contributed by atoms with Gasteiger partial charge in [0.25, 0.3) is 0 Å². The standard InChI is InChI=1S/C25H30N2/c1-3-23-17-26(25-13-20-10-21(14-25)12-22(11-20)15-25)18-24(4-2)27(23)16-19-8-6-5-7-9-19/h1-2,5-9,20-24H,10-18H2/t20?,21?,22?,23-,24-,25?/m0/s1. The van der Waals surface area contributed by atoms with Crippen LogP contribution >= 0.6 is 0 Å². The van der Waals surface area contributed by atoms with Crippen LogP contribution in [-0.2, 0) is 6.54 Å². The molecule has 4 saturated carbocycles. The maximum absolute atomic E-state index is 6.03. The van der Waals surface area contributed by atoms with Crippen molar-refractivity contribution < 1.29 is 0 Å². The fraction of sp³-hybridized carbons (Fsp3) is 0.600. The molecule has 1 aromatic carbocycles. The molecule has 0 amide bonds. The summed E-state index contributed by atoms with van der Waals surface area (Å²) in [6, 6.07) is 10.8. The van der Waals surface area contributed by atoms with E-state index in [-0.39, 0.29) is 12.1 Å². The third-order valence-electron chi connectivity index (χ3n) is 7.86. The molecule has 0 N–H and O–H groups in total. The molecule has 4 aliphatic carbocycles. The zero-order valence-electron chi connectivity index (χ0n) is 16.2. The summed E-state index contributed by atoms with van der Waals surface area (Å²) in [5.74, 6) is 9.03. The van der Waals surface area contributed by atoms with Crippen LogP contribution in [0.1, 0.15) is 44.1 Å². The van der Waals surface area contributed by atoms with E-state index in [1.165, 1.54) is 44.1 Å². The molecule has 6 rings (SSSR count). The molecule has 0 radical (unpaired) electrons. The normalized spacial score (nSPS) is 41.2. The fourth-order valence-electron chi connectivity index (χ4n) is 7.07. The van der Waals surface area contributed by atoms with Crippen molar-refractivity contribution in [3.8, 4) is 24.7 Å². The molecule has 1 saturated heterocycles. The summed E-state index contributed by atoms with van der Waals surface area (Å²) < 4.78 is 0. The largest absolute Gasteiger partial charge is 0.293 e. The molecule has 1 aromatic rings. The number of hydrogen-bond acceptors (Lipinski definition) is 2. The Morgan fingerprint density at radius 3 is 1.85 bits per heavy atom. The van der Waals surface area contributed by atoms with Gasteiger partial charge in [0, 0.05) is 25.2 Å². The van der Waals surface area contributed by atoms with Gasteiger partial charge in [-0.05, 0) is 61.8 Å². The predicted molar refractivity (Wildman–Crippen MR) is 110 cm³/mol. The Labute approximate surface area is 164 Å². The Hall–Kier alpha value is -1.74. The van der Waals surface area contributed by atoms with Crippen molar-refractivity contribution in [2.75, 3.05) is 13.1 Å². The molecule has 140 valence electrons. The summed E-state index contributed by atoms with van der Waals surface area (Å²) in [6.07, 6.45) is 20.6. The lowest BCUT2D eigenvalue weighted by Gasteiger charge is -2.62. The van der Waals surface area contributed by atoms with Gasteiger partial charge < -0.3 is 0 Å². The van der Waals surface area contributed by atoms with Gasteiger partial charge in [0.1, 0.15) is 0 Å². The lowest BCUT2D eigenvalue weighted by Crippen LogP contribution is -2.67. The van der Waals surface area contributed by atoms with Crippen LogP contribution in [-0.4, -0.2) is 40.5 Å². The molecule has 0 unspecified atom stereocenters. The van der Waals surface area contributed by atoms with Crippen molar-refractivity contribution in [1.29, 1.82) is 0 Å². The first-order valence-corrected chi connectivity index (χ1v) is 10.7. The van der Waals surface area contributed by atoms with Crippen LogP contribution < -0.4 is 0 Å². The van der Waals surface area contributed by atoms with E-state index in [4.69, 9.17) is 12.8 Å². The van der Waals surface area contributed by atoms with Gasteiger partial charge in [-0.15, -0.1) is 12.8 Å². The number of benzene rings is 1. The highest BCUT2D eigenvalue weighted by Crippen LogP contribution is 2.58. The molecular weight excluding hydrogens is 328 g/mol. The molecule has 27 heavy (non-hydrogen) atoms. The first-order valence-electron chi connectivity index (χ1n) is 10.7. The highest BCUT2D eigenvalue weighted by molar-refractivity contribution is 5.21. The Bertz CT molecular complexity index is 708. The highest BCUT2D eigenvalue weighted by Gasteiger charge is 2.55. The molecule has 1 aliphatic heterocycles. The third-order valence-corrected chi connectivity index (χ3v) is 7.86. The van der Waals surface area contributed by atoms with Crippen molar-refractivity contribution in [2.24, 2.45) is 17.8 Å². The molecule has 5 aliphatic rings. The molecule has 2 atom stereocenters. The zero-order chi connectivity index (χ0) is 18.4. The van der Waals surface area contributed by atoms with Gasteiger partial charge in [-0.1, -0.05) is 42.2 Å². The van der Waals surface area contributed by atoms with Gasteiger partial charge in [0.2, 0.25) is 0 Å². The van der Waals surface area contributed by atoms with Crippen LogP contribution in [0.2, 0.25) is 0 Å². The number of rotatable bonds is 3. The Kier molecular flexibility index (Phi) is 4.31. The fourth-order valence-corrected chi connectivity index (χ4v) is 7.07. The second kappa shape index (κ2) is 6.70. The average Bonchev–Trinajstić information content (AvgIpc) is 2.67. The van der Waals surface area contributed by atoms with E-state index >= 15 is 0 Å². The molecule has 0 aromatic heterocycles. The van der Waals surface area contributed by atoms with E-state index in [1.807, 2.05) is 0 Å². The quantitative estimate of drug-likeness (QED) is 0.759. The van der Waals surface area contributed by atoms with E-state index in [0.29, 0.717) is 5.54 Å². The van der Waals surface area contributed by atoms with Gasteiger partial charge >= 0.3 is 0 Å². The monoisotopic (exact) mass is 358 g/mol. The van der Waals surface area contributed by atoms with Crippen LogP contribution in [0.4, 0.5) is 0 Å². The van der Waals surface area contributed by atoms with Crippen LogP contribution in [0.3, 0.4) is 0 Å². The molecule has 4 bridgehead atoms. The predicted octanol–water partition coefficient (Wildman–Crippen LogP) is 3.78. The van der Waals surface area contributed by atoms with Gasteiger partial charge in [-0.3, -0.25) is 9.80 Å². The molecule has 5 fully saturated rings. The van der Waals surface area contributed by atoms with Crippen molar-refractivity contribution in [3.05, 3.63) is 35.9 Å². The second-order valence-corrected chi connectivity index (χ2v) is 9.57. The summed E-state index contributed by atoms with van der Waals surface area (Å²) in [5, 5.41) is 0. The van der Waals surface area contributed by atoms with Gasteiger partial charge in [-0.25, -0.2) is 0 Å². The van der Waals surface area contributed by atoms with E-state index in [0.717, 1.165) is 37.4 Å². The number of piperazine rings is 1. The van der Waals surface area contributed by atoms with Crippen LogP contribution in [0.25, 0.3) is 0 Å². The lowest BCUT2D eigenvalue weighted by molar-refractivity contribution is -0.112. The summed E-state index contributed by atoms with van der Waals surface area (Å²) >= 11 is 0. The molecule has 0 spiro atoms. The zero-order valence-corrected chi connectivity index (χ0v) is 16.2. The first-order chi connectivity index (χ1) is 13.2. The van der Waals surface area contributed by atoms with Crippen LogP contribution in [0.5, 0.6) is 0 Å². The van der Waals surface area contributed by atoms with Crippen LogP contribution in [0.15, 0.2) is 30.3 Å². The number of terminal acetylenes is 2. The van der Waals surface area contributed by atoms with E-state index in [1.54, 1.807) is 0 Å². The van der Waals surface area contributed by atoms with Gasteiger partial charge in [0.15, 0.2) is 0 Å². The van der Waals surface area contributed by atoms with Gasteiger partial charge in [0.05, 0.1) is 12.1 Å². The maximum Gasteiger partial charge on any atom is 0.0854 e. The Morgan fingerprint density at radius 1 is 0.852 bits per heavy atom. The minimum absolute atomic E-state index is 0.105. The molecule has 1 heterocycles. The van der Waals surface area contributed by atoms with Crippen molar-refractivity contribution in [2.45, 2.75) is 62.7 Å². The van der Waals surface area contributed by atoms with E-state index in [9.17, 15) is 0 Å². The van der Waals surface area contributed by atoms with E-state index < -0.39 is 0 Å². The Balaban J connectivity index is 1.39. The first kappa shape index (κ1) is 17.4. The summed E-state index contributed by atoms with van der Waals surface area (Å²) in [4.78, 5) is 5.13. The topological polar surface area (TPSA) is 6.48 Å². The SMILES string of the molecule is C#C[C@H]1CN(C23CC4CC(CC(C4)C2)C3)C[C@H](C#C)N1Cc1ccccc1. The second-order valence-electron chi connectivity index (χ2n) is 9.57. The number of hydrogen-bond donors (Lipinski definition) is 0. The highest BCUT2D eigenvalue weighted by atomic mass is 15.3. The number of nitrogens with zero attached hydrogens (tertiary/aromatic N) is 2. The van der Waals surface area contributed by atoms with Crippen molar-refractivity contribution in [3.63, 3.8) is 0 Å². The minimum atomic E-state index is 0.105. The smallest absolute Gasteiger partial charge is 0.0854 e. The maximum atomic E-state index is 6.03.